The Hall–Kier alpha value is -0.850. The van der Waals surface area contributed by atoms with Gasteiger partial charge in [-0.3, -0.25) is 0 Å². The highest BCUT2D eigenvalue weighted by Gasteiger charge is 2.12. The molecule has 0 saturated heterocycles. The Morgan fingerprint density at radius 3 is 2.94 bits per heavy atom. The molecule has 0 radical (unpaired) electrons. The number of thioether (sulfide) groups is 1. The SMILES string of the molecule is Cc1c(Cl)nc2ncnn2c1SCCN(C)C. The Balaban J connectivity index is 2.30. The van der Waals surface area contributed by atoms with Crippen LogP contribution in [0.3, 0.4) is 0 Å². The number of rotatable bonds is 4. The van der Waals surface area contributed by atoms with Crippen LogP contribution in [0.5, 0.6) is 0 Å². The second-order valence-electron chi connectivity index (χ2n) is 3.96. The Morgan fingerprint density at radius 2 is 2.24 bits per heavy atom. The molecule has 2 rings (SSSR count). The molecule has 0 amide bonds. The average Bonchev–Trinajstić information content (AvgIpc) is 2.70. The van der Waals surface area contributed by atoms with E-state index in [1.165, 1.54) is 6.33 Å². The van der Waals surface area contributed by atoms with Gasteiger partial charge in [-0.2, -0.15) is 19.6 Å². The molecule has 0 aliphatic rings. The van der Waals surface area contributed by atoms with Crippen molar-refractivity contribution < 1.29 is 0 Å². The van der Waals surface area contributed by atoms with E-state index < -0.39 is 0 Å². The first-order valence-electron chi connectivity index (χ1n) is 5.23. The van der Waals surface area contributed by atoms with Crippen molar-refractivity contribution in [3.8, 4) is 0 Å². The highest BCUT2D eigenvalue weighted by molar-refractivity contribution is 7.99. The molecule has 0 atom stereocenters. The molecule has 0 N–H and O–H groups in total. The molecule has 2 aromatic rings. The topological polar surface area (TPSA) is 46.3 Å². The highest BCUT2D eigenvalue weighted by atomic mass is 35.5. The van der Waals surface area contributed by atoms with Crippen molar-refractivity contribution in [2.24, 2.45) is 0 Å². The number of fused-ring (bicyclic) bond motifs is 1. The normalized spacial score (nSPS) is 11.6. The zero-order valence-corrected chi connectivity index (χ0v) is 11.6. The molecule has 0 unspecified atom stereocenters. The first-order chi connectivity index (χ1) is 8.09. The summed E-state index contributed by atoms with van der Waals surface area (Å²) in [7, 11) is 4.11. The molecule has 0 saturated carbocycles. The molecule has 0 fully saturated rings. The van der Waals surface area contributed by atoms with E-state index in [2.05, 4.69) is 34.1 Å². The van der Waals surface area contributed by atoms with Crippen LogP contribution in [0, 0.1) is 6.92 Å². The van der Waals surface area contributed by atoms with Crippen molar-refractivity contribution >= 4 is 29.1 Å². The number of aromatic nitrogens is 4. The molecule has 2 heterocycles. The van der Waals surface area contributed by atoms with E-state index in [0.29, 0.717) is 10.9 Å². The summed E-state index contributed by atoms with van der Waals surface area (Å²) in [5.41, 5.74) is 0.952. The zero-order chi connectivity index (χ0) is 12.4. The van der Waals surface area contributed by atoms with Crippen molar-refractivity contribution in [1.29, 1.82) is 0 Å². The van der Waals surface area contributed by atoms with Gasteiger partial charge in [-0.15, -0.1) is 11.8 Å². The first-order valence-corrected chi connectivity index (χ1v) is 6.59. The largest absolute Gasteiger partial charge is 0.309 e. The summed E-state index contributed by atoms with van der Waals surface area (Å²) in [5.74, 6) is 1.52. The maximum atomic E-state index is 6.08. The lowest BCUT2D eigenvalue weighted by Gasteiger charge is -2.11. The van der Waals surface area contributed by atoms with Gasteiger partial charge in [0.2, 0.25) is 0 Å². The second kappa shape index (κ2) is 5.20. The predicted molar refractivity (Wildman–Crippen MR) is 69.8 cm³/mol. The molecule has 92 valence electrons. The predicted octanol–water partition coefficient (Wildman–Crippen LogP) is 1.74. The van der Waals surface area contributed by atoms with Crippen molar-refractivity contribution in [3.63, 3.8) is 0 Å². The fraction of sp³-hybridized carbons (Fsp3) is 0.500. The number of hydrogen-bond acceptors (Lipinski definition) is 5. The summed E-state index contributed by atoms with van der Waals surface area (Å²) in [5, 5.41) is 5.68. The molecule has 17 heavy (non-hydrogen) atoms. The van der Waals surface area contributed by atoms with Crippen LogP contribution in [0.1, 0.15) is 5.56 Å². The molecule has 0 spiro atoms. The van der Waals surface area contributed by atoms with Gasteiger partial charge >= 0.3 is 0 Å². The summed E-state index contributed by atoms with van der Waals surface area (Å²) in [6.45, 7) is 2.95. The minimum atomic E-state index is 0.498. The van der Waals surface area contributed by atoms with Gasteiger partial charge < -0.3 is 4.90 Å². The summed E-state index contributed by atoms with van der Waals surface area (Å²) < 4.78 is 1.74. The van der Waals surface area contributed by atoms with Crippen molar-refractivity contribution in [2.45, 2.75) is 11.9 Å². The van der Waals surface area contributed by atoms with Crippen molar-refractivity contribution in [1.82, 2.24) is 24.5 Å². The Morgan fingerprint density at radius 1 is 1.47 bits per heavy atom. The van der Waals surface area contributed by atoms with E-state index >= 15 is 0 Å². The van der Waals surface area contributed by atoms with E-state index in [1.54, 1.807) is 16.3 Å². The van der Waals surface area contributed by atoms with Gasteiger partial charge in [-0.05, 0) is 21.0 Å². The van der Waals surface area contributed by atoms with Crippen LogP contribution in [-0.4, -0.2) is 50.9 Å². The van der Waals surface area contributed by atoms with Crippen LogP contribution in [-0.2, 0) is 0 Å². The van der Waals surface area contributed by atoms with Gasteiger partial charge in [0.15, 0.2) is 0 Å². The lowest BCUT2D eigenvalue weighted by Crippen LogP contribution is -2.15. The third-order valence-corrected chi connectivity index (χ3v) is 3.84. The van der Waals surface area contributed by atoms with Crippen LogP contribution < -0.4 is 0 Å². The van der Waals surface area contributed by atoms with Gasteiger partial charge in [0.05, 0.1) is 0 Å². The van der Waals surface area contributed by atoms with E-state index in [0.717, 1.165) is 22.9 Å². The zero-order valence-electron chi connectivity index (χ0n) is 10.0. The average molecular weight is 272 g/mol. The van der Waals surface area contributed by atoms with E-state index in [-0.39, 0.29) is 0 Å². The maximum absolute atomic E-state index is 6.08. The number of nitrogens with zero attached hydrogens (tertiary/aromatic N) is 5. The van der Waals surface area contributed by atoms with Crippen molar-refractivity contribution in [2.75, 3.05) is 26.4 Å². The quantitative estimate of drug-likeness (QED) is 0.626. The summed E-state index contributed by atoms with van der Waals surface area (Å²) in [4.78, 5) is 10.4. The number of halogens is 1. The van der Waals surface area contributed by atoms with Crippen LogP contribution in [0.15, 0.2) is 11.4 Å². The number of hydrogen-bond donors (Lipinski definition) is 0. The van der Waals surface area contributed by atoms with Gasteiger partial charge in [0, 0.05) is 17.9 Å². The van der Waals surface area contributed by atoms with Crippen LogP contribution in [0.2, 0.25) is 5.15 Å². The first kappa shape index (κ1) is 12.6. The van der Waals surface area contributed by atoms with Crippen molar-refractivity contribution in [3.05, 3.63) is 17.0 Å². The molecule has 2 aromatic heterocycles. The van der Waals surface area contributed by atoms with Crippen LogP contribution in [0.4, 0.5) is 0 Å². The molecule has 0 aliphatic heterocycles. The monoisotopic (exact) mass is 271 g/mol. The minimum absolute atomic E-state index is 0.498. The third kappa shape index (κ3) is 2.70. The van der Waals surface area contributed by atoms with Gasteiger partial charge in [0.25, 0.3) is 5.78 Å². The Labute approximate surface area is 109 Å². The van der Waals surface area contributed by atoms with Gasteiger partial charge in [-0.1, -0.05) is 11.6 Å². The van der Waals surface area contributed by atoms with Crippen LogP contribution >= 0.6 is 23.4 Å². The maximum Gasteiger partial charge on any atom is 0.254 e. The molecule has 5 nitrogen and oxygen atoms in total. The lowest BCUT2D eigenvalue weighted by molar-refractivity contribution is 0.437. The molecule has 7 heteroatoms. The summed E-state index contributed by atoms with van der Waals surface area (Å²) in [6.07, 6.45) is 1.49. The Kier molecular flexibility index (Phi) is 3.86. The highest BCUT2D eigenvalue weighted by Crippen LogP contribution is 2.26. The second-order valence-corrected chi connectivity index (χ2v) is 5.40. The Bertz CT molecular complexity index is 525. The molecule has 0 aliphatic carbocycles. The minimum Gasteiger partial charge on any atom is -0.309 e. The van der Waals surface area contributed by atoms with E-state index in [9.17, 15) is 0 Å². The van der Waals surface area contributed by atoms with E-state index in [4.69, 9.17) is 11.6 Å². The fourth-order valence-electron chi connectivity index (χ4n) is 1.37. The smallest absolute Gasteiger partial charge is 0.254 e. The lowest BCUT2D eigenvalue weighted by atomic mass is 10.4. The van der Waals surface area contributed by atoms with E-state index in [1.807, 2.05) is 6.92 Å². The van der Waals surface area contributed by atoms with Crippen LogP contribution in [0.25, 0.3) is 5.78 Å². The molecular weight excluding hydrogens is 258 g/mol. The molecule has 0 aromatic carbocycles. The summed E-state index contributed by atoms with van der Waals surface area (Å²) >= 11 is 7.79. The molecule has 0 bridgehead atoms. The van der Waals surface area contributed by atoms with Gasteiger partial charge in [0.1, 0.15) is 16.5 Å². The third-order valence-electron chi connectivity index (χ3n) is 2.33. The summed E-state index contributed by atoms with van der Waals surface area (Å²) in [6, 6.07) is 0. The standard InChI is InChI=1S/C10H14ClN5S/c1-7-8(11)14-10-12-6-13-16(10)9(7)17-5-4-15(2)3/h6H,4-5H2,1-3H3. The van der Waals surface area contributed by atoms with Gasteiger partial charge in [-0.25, -0.2) is 0 Å². The fourth-order valence-corrected chi connectivity index (χ4v) is 2.80. The molecular formula is C10H14ClN5S.